The first kappa shape index (κ1) is 20.9. The van der Waals surface area contributed by atoms with E-state index in [1.54, 1.807) is 29.2 Å². The Bertz CT molecular complexity index is 1120. The van der Waals surface area contributed by atoms with Crippen LogP contribution in [0.3, 0.4) is 0 Å². The van der Waals surface area contributed by atoms with Gasteiger partial charge >= 0.3 is 6.03 Å². The summed E-state index contributed by atoms with van der Waals surface area (Å²) in [4.78, 5) is 39.0. The number of sulfonamides is 1. The maximum atomic E-state index is 12.7. The molecular formula is C21H22N4O5S. The van der Waals surface area contributed by atoms with Crippen molar-refractivity contribution in [1.82, 2.24) is 9.80 Å². The topological polar surface area (TPSA) is 116 Å². The largest absolute Gasteiger partial charge is 0.327 e. The Morgan fingerprint density at radius 1 is 1.10 bits per heavy atom. The molecule has 162 valence electrons. The Morgan fingerprint density at radius 2 is 1.84 bits per heavy atom. The van der Waals surface area contributed by atoms with Crippen molar-refractivity contribution in [2.45, 2.75) is 37.2 Å². The zero-order valence-electron chi connectivity index (χ0n) is 16.9. The Balaban J connectivity index is 1.47. The summed E-state index contributed by atoms with van der Waals surface area (Å²) in [6.07, 6.45) is 1.51. The lowest BCUT2D eigenvalue weighted by Gasteiger charge is -2.16. The fourth-order valence-corrected chi connectivity index (χ4v) is 4.93. The van der Waals surface area contributed by atoms with Crippen LogP contribution in [-0.4, -0.2) is 48.6 Å². The Kier molecular flexibility index (Phi) is 5.40. The molecule has 2 aliphatic rings. The fourth-order valence-electron chi connectivity index (χ4n) is 3.88. The van der Waals surface area contributed by atoms with Crippen LogP contribution < -0.4 is 10.0 Å². The molecule has 2 aromatic carbocycles. The van der Waals surface area contributed by atoms with Gasteiger partial charge in [0.15, 0.2) is 0 Å². The number of nitrogens with one attached hydrogen (secondary N) is 2. The summed E-state index contributed by atoms with van der Waals surface area (Å²) < 4.78 is 27.9. The summed E-state index contributed by atoms with van der Waals surface area (Å²) >= 11 is 0. The Morgan fingerprint density at radius 3 is 2.52 bits per heavy atom. The maximum absolute atomic E-state index is 12.7. The molecule has 0 aromatic heterocycles. The van der Waals surface area contributed by atoms with Gasteiger partial charge in [-0.1, -0.05) is 12.1 Å². The van der Waals surface area contributed by atoms with Gasteiger partial charge in [-0.25, -0.2) is 13.2 Å². The lowest BCUT2D eigenvalue weighted by atomic mass is 10.1. The van der Waals surface area contributed by atoms with E-state index in [1.807, 2.05) is 0 Å². The van der Waals surface area contributed by atoms with Crippen LogP contribution in [0.4, 0.5) is 16.2 Å². The van der Waals surface area contributed by atoms with Crippen LogP contribution >= 0.6 is 0 Å². The number of carbonyl (C=O) groups is 3. The number of rotatable bonds is 6. The van der Waals surface area contributed by atoms with E-state index in [0.717, 1.165) is 6.42 Å². The van der Waals surface area contributed by atoms with Crippen molar-refractivity contribution in [3.8, 4) is 0 Å². The predicted octanol–water partition coefficient (Wildman–Crippen LogP) is 2.37. The standard InChI is InChI=1S/C21H22N4O5S/c1-14(26)22-16-7-9-18(10-8-16)31(29,30)23-17-5-2-4-15(12-17)13-25-20(27)19-6-3-11-24(19)21(25)28/h2,4-5,7-10,12,19,23H,3,6,11,13H2,1H3,(H,22,26). The first-order valence-electron chi connectivity index (χ1n) is 9.86. The number of carbonyl (C=O) groups excluding carboxylic acids is 3. The minimum Gasteiger partial charge on any atom is -0.326 e. The van der Waals surface area contributed by atoms with E-state index in [1.165, 1.54) is 36.1 Å². The number of hydrogen-bond acceptors (Lipinski definition) is 5. The van der Waals surface area contributed by atoms with Gasteiger partial charge in [-0.05, 0) is 54.8 Å². The molecule has 4 rings (SSSR count). The lowest BCUT2D eigenvalue weighted by Crippen LogP contribution is -2.32. The maximum Gasteiger partial charge on any atom is 0.327 e. The van der Waals surface area contributed by atoms with Crippen molar-refractivity contribution < 1.29 is 22.8 Å². The highest BCUT2D eigenvalue weighted by Gasteiger charge is 2.47. The fraction of sp³-hybridized carbons (Fsp3) is 0.286. The van der Waals surface area contributed by atoms with Crippen LogP contribution in [0.1, 0.15) is 25.3 Å². The van der Waals surface area contributed by atoms with Gasteiger partial charge in [0.05, 0.1) is 11.4 Å². The third-order valence-electron chi connectivity index (χ3n) is 5.29. The van der Waals surface area contributed by atoms with Gasteiger partial charge in [0.25, 0.3) is 15.9 Å². The first-order chi connectivity index (χ1) is 14.7. The van der Waals surface area contributed by atoms with Crippen molar-refractivity contribution in [2.75, 3.05) is 16.6 Å². The molecule has 0 spiro atoms. The van der Waals surface area contributed by atoms with Crippen LogP contribution in [0.15, 0.2) is 53.4 Å². The number of fused-ring (bicyclic) bond motifs is 1. The summed E-state index contributed by atoms with van der Waals surface area (Å²) in [5.41, 5.74) is 1.46. The molecule has 2 fully saturated rings. The highest BCUT2D eigenvalue weighted by Crippen LogP contribution is 2.29. The minimum atomic E-state index is -3.85. The number of benzene rings is 2. The minimum absolute atomic E-state index is 0.0394. The number of hydrogen-bond donors (Lipinski definition) is 2. The number of anilines is 2. The zero-order valence-corrected chi connectivity index (χ0v) is 17.7. The Labute approximate surface area is 180 Å². The average molecular weight is 442 g/mol. The molecule has 31 heavy (non-hydrogen) atoms. The molecule has 2 saturated heterocycles. The molecule has 0 radical (unpaired) electrons. The second-order valence-electron chi connectivity index (χ2n) is 7.57. The van der Waals surface area contributed by atoms with Crippen LogP contribution in [0, 0.1) is 0 Å². The zero-order chi connectivity index (χ0) is 22.2. The molecule has 1 atom stereocenters. The van der Waals surface area contributed by atoms with E-state index in [2.05, 4.69) is 10.0 Å². The monoisotopic (exact) mass is 442 g/mol. The SMILES string of the molecule is CC(=O)Nc1ccc(S(=O)(=O)Nc2cccc(CN3C(=O)C4CCCN4C3=O)c2)cc1. The summed E-state index contributed by atoms with van der Waals surface area (Å²) in [5.74, 6) is -0.450. The average Bonchev–Trinajstić information content (AvgIpc) is 3.28. The van der Waals surface area contributed by atoms with Gasteiger partial charge in [0.1, 0.15) is 6.04 Å². The van der Waals surface area contributed by atoms with Crippen molar-refractivity contribution >= 4 is 39.2 Å². The molecule has 10 heteroatoms. The summed E-state index contributed by atoms with van der Waals surface area (Å²) in [6.45, 7) is 2.05. The number of imide groups is 1. The van der Waals surface area contributed by atoms with Crippen molar-refractivity contribution in [3.05, 3.63) is 54.1 Å². The number of nitrogens with zero attached hydrogens (tertiary/aromatic N) is 2. The normalized spacial score (nSPS) is 18.3. The Hall–Kier alpha value is -3.40. The van der Waals surface area contributed by atoms with E-state index in [9.17, 15) is 22.8 Å². The molecule has 1 unspecified atom stereocenters. The first-order valence-corrected chi connectivity index (χ1v) is 11.3. The number of amides is 4. The smallest absolute Gasteiger partial charge is 0.326 e. The van der Waals surface area contributed by atoms with Crippen LogP contribution in [0.25, 0.3) is 0 Å². The van der Waals surface area contributed by atoms with Crippen molar-refractivity contribution in [2.24, 2.45) is 0 Å². The third kappa shape index (κ3) is 4.24. The third-order valence-corrected chi connectivity index (χ3v) is 6.68. The van der Waals surface area contributed by atoms with Gasteiger partial charge in [0.2, 0.25) is 5.91 Å². The van der Waals surface area contributed by atoms with Gasteiger partial charge in [0, 0.05) is 24.8 Å². The second-order valence-corrected chi connectivity index (χ2v) is 9.25. The molecular weight excluding hydrogens is 420 g/mol. The highest BCUT2D eigenvalue weighted by molar-refractivity contribution is 7.92. The van der Waals surface area contributed by atoms with E-state index in [4.69, 9.17) is 0 Å². The quantitative estimate of drug-likeness (QED) is 0.667. The van der Waals surface area contributed by atoms with Crippen LogP contribution in [-0.2, 0) is 26.2 Å². The number of urea groups is 1. The van der Waals surface area contributed by atoms with Crippen LogP contribution in [0.2, 0.25) is 0 Å². The summed E-state index contributed by atoms with van der Waals surface area (Å²) in [7, 11) is -3.85. The van der Waals surface area contributed by atoms with E-state index >= 15 is 0 Å². The van der Waals surface area contributed by atoms with E-state index in [-0.39, 0.29) is 35.3 Å². The highest BCUT2D eigenvalue weighted by atomic mass is 32.2. The van der Waals surface area contributed by atoms with Gasteiger partial charge in [-0.2, -0.15) is 0 Å². The lowest BCUT2D eigenvalue weighted by molar-refractivity contribution is -0.128. The van der Waals surface area contributed by atoms with Crippen molar-refractivity contribution in [1.29, 1.82) is 0 Å². The van der Waals surface area contributed by atoms with Crippen molar-refractivity contribution in [3.63, 3.8) is 0 Å². The predicted molar refractivity (Wildman–Crippen MR) is 114 cm³/mol. The molecule has 0 aliphatic carbocycles. The molecule has 2 heterocycles. The second kappa shape index (κ2) is 8.03. The summed E-state index contributed by atoms with van der Waals surface area (Å²) in [5, 5.41) is 2.58. The van der Waals surface area contributed by atoms with Gasteiger partial charge < -0.3 is 10.2 Å². The molecule has 9 nitrogen and oxygen atoms in total. The molecule has 0 bridgehead atoms. The van der Waals surface area contributed by atoms with E-state index < -0.39 is 10.0 Å². The molecule has 2 N–H and O–H groups in total. The molecule has 2 aromatic rings. The molecule has 2 aliphatic heterocycles. The summed E-state index contributed by atoms with van der Waals surface area (Å²) in [6, 6.07) is 11.7. The van der Waals surface area contributed by atoms with Crippen LogP contribution in [0.5, 0.6) is 0 Å². The van der Waals surface area contributed by atoms with E-state index in [0.29, 0.717) is 29.9 Å². The van der Waals surface area contributed by atoms with Gasteiger partial charge in [-0.3, -0.25) is 19.2 Å². The van der Waals surface area contributed by atoms with Gasteiger partial charge in [-0.15, -0.1) is 0 Å². The molecule has 0 saturated carbocycles. The molecule has 4 amide bonds.